The van der Waals surface area contributed by atoms with Crippen molar-refractivity contribution in [1.29, 1.82) is 0 Å². The molecule has 0 aromatic carbocycles. The first-order chi connectivity index (χ1) is 8.25. The molecule has 1 N–H and O–H groups in total. The number of hydrogen-bond acceptors (Lipinski definition) is 2. The lowest BCUT2D eigenvalue weighted by atomic mass is 9.84. The summed E-state index contributed by atoms with van der Waals surface area (Å²) in [6.45, 7) is 2.87. The third kappa shape index (κ3) is 0.954. The Hall–Kier alpha value is -1.77. The van der Waals surface area contributed by atoms with Crippen LogP contribution in [-0.2, 0) is 5.41 Å². The average molecular weight is 225 g/mol. The number of aliphatic imine (C=N–C) groups is 1. The molecule has 2 aliphatic carbocycles. The Morgan fingerprint density at radius 1 is 1.59 bits per heavy atom. The summed E-state index contributed by atoms with van der Waals surface area (Å²) < 4.78 is 0. The van der Waals surface area contributed by atoms with Gasteiger partial charge < -0.3 is 10.1 Å². The number of nitrogens with one attached hydrogen (secondary N) is 1. The SMILES string of the molecule is C/C=C/c1cc2c([nH]1)C([O-])=CC1=NCC3CC123. The number of nitrogens with zero attached hydrogens (tertiary/aromatic N) is 1. The number of H-pyrrole nitrogens is 1. The van der Waals surface area contributed by atoms with Gasteiger partial charge in [-0.25, -0.2) is 0 Å². The molecule has 3 heteroatoms. The van der Waals surface area contributed by atoms with Crippen molar-refractivity contribution in [2.24, 2.45) is 10.9 Å². The van der Waals surface area contributed by atoms with Crippen molar-refractivity contribution in [1.82, 2.24) is 4.98 Å². The average Bonchev–Trinajstić information content (AvgIpc) is 2.68. The first-order valence-corrected chi connectivity index (χ1v) is 6.06. The summed E-state index contributed by atoms with van der Waals surface area (Å²) >= 11 is 0. The van der Waals surface area contributed by atoms with Gasteiger partial charge in [-0.3, -0.25) is 4.99 Å². The Morgan fingerprint density at radius 3 is 3.24 bits per heavy atom. The van der Waals surface area contributed by atoms with E-state index >= 15 is 0 Å². The van der Waals surface area contributed by atoms with E-state index in [1.54, 1.807) is 6.08 Å². The summed E-state index contributed by atoms with van der Waals surface area (Å²) in [7, 11) is 0. The lowest BCUT2D eigenvalue weighted by Crippen LogP contribution is -2.26. The van der Waals surface area contributed by atoms with Crippen LogP contribution in [0.2, 0.25) is 0 Å². The highest BCUT2D eigenvalue weighted by atomic mass is 16.3. The fraction of sp³-hybridized carbons (Fsp3) is 0.357. The minimum Gasteiger partial charge on any atom is -0.871 e. The molecular weight excluding hydrogens is 212 g/mol. The third-order valence-electron chi connectivity index (χ3n) is 4.22. The van der Waals surface area contributed by atoms with Crippen LogP contribution in [0.15, 0.2) is 23.2 Å². The van der Waals surface area contributed by atoms with E-state index < -0.39 is 0 Å². The number of fused-ring (bicyclic) bond motifs is 1. The summed E-state index contributed by atoms with van der Waals surface area (Å²) in [6.07, 6.45) is 6.88. The number of hydrogen-bond donors (Lipinski definition) is 1. The van der Waals surface area contributed by atoms with Gasteiger partial charge in [-0.1, -0.05) is 11.8 Å². The predicted molar refractivity (Wildman–Crippen MR) is 65.6 cm³/mol. The lowest BCUT2D eigenvalue weighted by molar-refractivity contribution is -0.244. The molecule has 1 aromatic rings. The monoisotopic (exact) mass is 225 g/mol. The molecule has 0 radical (unpaired) electrons. The van der Waals surface area contributed by atoms with Gasteiger partial charge in [0.25, 0.3) is 0 Å². The molecule has 1 aromatic heterocycles. The normalized spacial score (nSPS) is 32.9. The highest BCUT2D eigenvalue weighted by Gasteiger charge is 2.62. The van der Waals surface area contributed by atoms with E-state index in [1.165, 1.54) is 5.56 Å². The van der Waals surface area contributed by atoms with E-state index in [2.05, 4.69) is 16.0 Å². The van der Waals surface area contributed by atoms with E-state index in [0.717, 1.165) is 30.1 Å². The van der Waals surface area contributed by atoms with Crippen LogP contribution in [0.25, 0.3) is 11.8 Å². The standard InChI is InChI=1S/C14H14N2O/c1-2-3-9-4-10-13(16-9)11(17)5-12-14(10)6-8(14)7-15-12/h2-5,8,16-17H,6-7H2,1H3/p-1/b3-2+. The molecule has 2 heterocycles. The van der Waals surface area contributed by atoms with Crippen molar-refractivity contribution in [3.05, 3.63) is 35.2 Å². The number of allylic oxidation sites excluding steroid dienone is 2. The molecule has 1 aliphatic heterocycles. The molecule has 17 heavy (non-hydrogen) atoms. The molecule has 2 unspecified atom stereocenters. The summed E-state index contributed by atoms with van der Waals surface area (Å²) in [6, 6.07) is 2.13. The fourth-order valence-electron chi connectivity index (χ4n) is 3.34. The number of rotatable bonds is 1. The zero-order valence-corrected chi connectivity index (χ0v) is 9.66. The molecule has 0 bridgehead atoms. The van der Waals surface area contributed by atoms with Crippen molar-refractivity contribution in [2.45, 2.75) is 18.8 Å². The van der Waals surface area contributed by atoms with Crippen LogP contribution < -0.4 is 5.11 Å². The smallest absolute Gasteiger partial charge is 0.0453 e. The highest BCUT2D eigenvalue weighted by molar-refractivity contribution is 6.13. The molecule has 4 rings (SSSR count). The lowest BCUT2D eigenvalue weighted by Gasteiger charge is -2.25. The summed E-state index contributed by atoms with van der Waals surface area (Å²) in [5, 5.41) is 12.0. The fourth-order valence-corrected chi connectivity index (χ4v) is 3.34. The largest absolute Gasteiger partial charge is 0.871 e. The van der Waals surface area contributed by atoms with E-state index in [-0.39, 0.29) is 11.2 Å². The van der Waals surface area contributed by atoms with Gasteiger partial charge >= 0.3 is 0 Å². The molecule has 2 atom stereocenters. The summed E-state index contributed by atoms with van der Waals surface area (Å²) in [4.78, 5) is 7.72. The second-order valence-corrected chi connectivity index (χ2v) is 5.12. The van der Waals surface area contributed by atoms with Crippen LogP contribution in [0.4, 0.5) is 0 Å². The maximum absolute atomic E-state index is 12.0. The topological polar surface area (TPSA) is 51.2 Å². The summed E-state index contributed by atoms with van der Waals surface area (Å²) in [5.74, 6) is 0.711. The minimum absolute atomic E-state index is 0.0766. The molecule has 86 valence electrons. The van der Waals surface area contributed by atoms with Crippen molar-refractivity contribution in [3.63, 3.8) is 0 Å². The van der Waals surface area contributed by atoms with E-state index in [4.69, 9.17) is 0 Å². The van der Waals surface area contributed by atoms with Gasteiger partial charge in [-0.2, -0.15) is 0 Å². The third-order valence-corrected chi connectivity index (χ3v) is 4.22. The Labute approximate surface area is 99.6 Å². The van der Waals surface area contributed by atoms with Gasteiger partial charge in [0.15, 0.2) is 0 Å². The van der Waals surface area contributed by atoms with Gasteiger partial charge in [-0.15, -0.1) is 0 Å². The van der Waals surface area contributed by atoms with Gasteiger partial charge in [-0.05, 0) is 43.0 Å². The molecule has 1 fully saturated rings. The van der Waals surface area contributed by atoms with Crippen LogP contribution in [0.5, 0.6) is 0 Å². The van der Waals surface area contributed by atoms with Gasteiger partial charge in [0.05, 0.1) is 0 Å². The number of aromatic amines is 1. The second kappa shape index (κ2) is 2.73. The highest BCUT2D eigenvalue weighted by Crippen LogP contribution is 2.61. The van der Waals surface area contributed by atoms with Crippen molar-refractivity contribution in [3.8, 4) is 0 Å². The van der Waals surface area contributed by atoms with Gasteiger partial charge in [0.1, 0.15) is 0 Å². The summed E-state index contributed by atoms with van der Waals surface area (Å²) in [5.41, 5.74) is 4.10. The van der Waals surface area contributed by atoms with Gasteiger partial charge in [0, 0.05) is 29.1 Å². The zero-order chi connectivity index (χ0) is 11.6. The molecule has 3 nitrogen and oxygen atoms in total. The van der Waals surface area contributed by atoms with Crippen LogP contribution in [0, 0.1) is 5.92 Å². The Kier molecular flexibility index (Phi) is 1.49. The Bertz CT molecular complexity index is 606. The quantitative estimate of drug-likeness (QED) is 0.773. The Balaban J connectivity index is 1.95. The first kappa shape index (κ1) is 9.28. The second-order valence-electron chi connectivity index (χ2n) is 5.12. The first-order valence-electron chi connectivity index (χ1n) is 6.06. The van der Waals surface area contributed by atoms with E-state index in [1.807, 2.05) is 19.1 Å². The van der Waals surface area contributed by atoms with Crippen LogP contribution >= 0.6 is 0 Å². The molecule has 1 saturated carbocycles. The predicted octanol–water partition coefficient (Wildman–Crippen LogP) is 1.47. The minimum atomic E-state index is 0.0766. The van der Waals surface area contributed by atoms with E-state index in [0.29, 0.717) is 5.92 Å². The van der Waals surface area contributed by atoms with Crippen molar-refractivity contribution < 1.29 is 5.11 Å². The maximum Gasteiger partial charge on any atom is 0.0453 e. The van der Waals surface area contributed by atoms with Crippen molar-refractivity contribution in [2.75, 3.05) is 6.54 Å². The van der Waals surface area contributed by atoms with E-state index in [9.17, 15) is 5.11 Å². The molecule has 1 spiro atoms. The van der Waals surface area contributed by atoms with Crippen LogP contribution in [-0.4, -0.2) is 17.2 Å². The number of aromatic nitrogens is 1. The van der Waals surface area contributed by atoms with Crippen LogP contribution in [0.1, 0.15) is 30.3 Å². The molecule has 0 saturated heterocycles. The molecule has 3 aliphatic rings. The maximum atomic E-state index is 12.0. The Morgan fingerprint density at radius 2 is 2.47 bits per heavy atom. The zero-order valence-electron chi connectivity index (χ0n) is 9.66. The van der Waals surface area contributed by atoms with Crippen LogP contribution in [0.3, 0.4) is 0 Å². The van der Waals surface area contributed by atoms with Crippen molar-refractivity contribution >= 4 is 17.5 Å². The molecule has 0 amide bonds. The van der Waals surface area contributed by atoms with Gasteiger partial charge in [0.2, 0.25) is 0 Å². The molecular formula is C14H13N2O-.